The summed E-state index contributed by atoms with van der Waals surface area (Å²) in [7, 11) is 3.44. The van der Waals surface area contributed by atoms with Gasteiger partial charge >= 0.3 is 0 Å². The first-order valence-electron chi connectivity index (χ1n) is 6.91. The van der Waals surface area contributed by atoms with E-state index >= 15 is 0 Å². The molecule has 21 heavy (non-hydrogen) atoms. The number of hydrogen-bond acceptors (Lipinski definition) is 4. The molecule has 0 atom stereocenters. The van der Waals surface area contributed by atoms with Crippen molar-refractivity contribution in [3.05, 3.63) is 23.8 Å². The first kappa shape index (κ1) is 17.2. The lowest BCUT2D eigenvalue weighted by Gasteiger charge is -2.26. The average Bonchev–Trinajstić information content (AvgIpc) is 2.47. The molecule has 0 saturated heterocycles. The topological polar surface area (TPSA) is 58.8 Å². The summed E-state index contributed by atoms with van der Waals surface area (Å²) in [5.74, 6) is 0.770. The van der Waals surface area contributed by atoms with Gasteiger partial charge in [0.25, 0.3) is 0 Å². The van der Waals surface area contributed by atoms with E-state index < -0.39 is 0 Å². The molecule has 1 amide bonds. The van der Waals surface area contributed by atoms with Crippen LogP contribution in [0.25, 0.3) is 0 Å². The molecule has 0 radical (unpaired) electrons. The molecule has 0 fully saturated rings. The Hall–Kier alpha value is -1.82. The van der Waals surface area contributed by atoms with Gasteiger partial charge < -0.3 is 20.3 Å². The number of hydrogen-bond donors (Lipinski definition) is 1. The molecule has 2 N–H and O–H groups in total. The predicted octanol–water partition coefficient (Wildman–Crippen LogP) is 1.63. The van der Waals surface area contributed by atoms with Gasteiger partial charge in [0.2, 0.25) is 5.91 Å². The first-order valence-corrected chi connectivity index (χ1v) is 7.32. The van der Waals surface area contributed by atoms with Crippen molar-refractivity contribution in [3.63, 3.8) is 0 Å². The SMILES string of the molecule is CCN(CC)C(=O)CN(C)c1cc(OC)ccc1C(N)=S. The van der Waals surface area contributed by atoms with Crippen molar-refractivity contribution in [1.82, 2.24) is 4.90 Å². The summed E-state index contributed by atoms with van der Waals surface area (Å²) >= 11 is 5.07. The maximum Gasteiger partial charge on any atom is 0.242 e. The zero-order chi connectivity index (χ0) is 16.0. The van der Waals surface area contributed by atoms with Crippen LogP contribution in [0.15, 0.2) is 18.2 Å². The van der Waals surface area contributed by atoms with Crippen molar-refractivity contribution in [2.45, 2.75) is 13.8 Å². The van der Waals surface area contributed by atoms with E-state index in [0.29, 0.717) is 23.8 Å². The summed E-state index contributed by atoms with van der Waals surface area (Å²) in [5, 5.41) is 0. The van der Waals surface area contributed by atoms with Gasteiger partial charge in [0.05, 0.1) is 19.3 Å². The highest BCUT2D eigenvalue weighted by atomic mass is 32.1. The Balaban J connectivity index is 3.02. The van der Waals surface area contributed by atoms with Crippen LogP contribution in [0.1, 0.15) is 19.4 Å². The molecule has 116 valence electrons. The van der Waals surface area contributed by atoms with Gasteiger partial charge in [-0.05, 0) is 26.0 Å². The van der Waals surface area contributed by atoms with Crippen LogP contribution in [0, 0.1) is 0 Å². The molecule has 1 aromatic carbocycles. The second-order valence-electron chi connectivity index (χ2n) is 4.67. The Bertz CT molecular complexity index is 516. The summed E-state index contributed by atoms with van der Waals surface area (Å²) in [4.78, 5) is 16.1. The minimum Gasteiger partial charge on any atom is -0.497 e. The molecule has 0 heterocycles. The highest BCUT2D eigenvalue weighted by Crippen LogP contribution is 2.25. The normalized spacial score (nSPS) is 10.1. The van der Waals surface area contributed by atoms with Gasteiger partial charge in [-0.3, -0.25) is 4.79 Å². The number of anilines is 1. The number of amides is 1. The number of carbonyl (C=O) groups excluding carboxylic acids is 1. The quantitative estimate of drug-likeness (QED) is 0.776. The Labute approximate surface area is 131 Å². The molecular formula is C15H23N3O2S. The summed E-state index contributed by atoms with van der Waals surface area (Å²) < 4.78 is 5.23. The molecule has 1 aromatic rings. The molecule has 0 spiro atoms. The minimum atomic E-state index is 0.0687. The van der Waals surface area contributed by atoms with E-state index in [-0.39, 0.29) is 12.5 Å². The van der Waals surface area contributed by atoms with Gasteiger partial charge in [-0.15, -0.1) is 0 Å². The Kier molecular flexibility index (Phi) is 6.42. The third kappa shape index (κ3) is 4.32. The van der Waals surface area contributed by atoms with E-state index in [1.165, 1.54) is 0 Å². The number of likely N-dealkylation sites (N-methyl/N-ethyl adjacent to an activating group) is 2. The van der Waals surface area contributed by atoms with Gasteiger partial charge in [-0.25, -0.2) is 0 Å². The fourth-order valence-electron chi connectivity index (χ4n) is 2.13. The Morgan fingerprint density at radius 3 is 2.43 bits per heavy atom. The van der Waals surface area contributed by atoms with Gasteiger partial charge in [-0.1, -0.05) is 12.2 Å². The third-order valence-corrected chi connectivity index (χ3v) is 3.59. The van der Waals surface area contributed by atoms with Crippen molar-refractivity contribution in [3.8, 4) is 5.75 Å². The number of ether oxygens (including phenoxy) is 1. The number of nitrogens with zero attached hydrogens (tertiary/aromatic N) is 2. The maximum atomic E-state index is 12.2. The van der Waals surface area contributed by atoms with Crippen LogP contribution in [0.2, 0.25) is 0 Å². The monoisotopic (exact) mass is 309 g/mol. The smallest absolute Gasteiger partial charge is 0.242 e. The van der Waals surface area contributed by atoms with Crippen LogP contribution in [0.3, 0.4) is 0 Å². The highest BCUT2D eigenvalue weighted by Gasteiger charge is 2.16. The fourth-order valence-corrected chi connectivity index (χ4v) is 2.30. The number of carbonyl (C=O) groups is 1. The standard InChI is InChI=1S/C15H23N3O2S/c1-5-18(6-2)14(19)10-17(3)13-9-11(20-4)7-8-12(13)15(16)21/h7-9H,5-6,10H2,1-4H3,(H2,16,21). The predicted molar refractivity (Wildman–Crippen MR) is 90.1 cm³/mol. The maximum absolute atomic E-state index is 12.2. The molecule has 5 nitrogen and oxygen atoms in total. The van der Waals surface area contributed by atoms with E-state index in [1.54, 1.807) is 18.1 Å². The number of rotatable bonds is 7. The average molecular weight is 309 g/mol. The van der Waals surface area contributed by atoms with Crippen LogP contribution in [-0.2, 0) is 4.79 Å². The van der Waals surface area contributed by atoms with Gasteiger partial charge in [0.15, 0.2) is 0 Å². The second-order valence-corrected chi connectivity index (χ2v) is 5.11. The summed E-state index contributed by atoms with van der Waals surface area (Å²) in [6.45, 7) is 5.60. The van der Waals surface area contributed by atoms with E-state index in [4.69, 9.17) is 22.7 Å². The van der Waals surface area contributed by atoms with E-state index in [2.05, 4.69) is 0 Å². The van der Waals surface area contributed by atoms with Crippen molar-refractivity contribution in [1.29, 1.82) is 0 Å². The van der Waals surface area contributed by atoms with Crippen LogP contribution >= 0.6 is 12.2 Å². The number of thiocarbonyl (C=S) groups is 1. The van der Waals surface area contributed by atoms with Crippen molar-refractivity contribution < 1.29 is 9.53 Å². The summed E-state index contributed by atoms with van der Waals surface area (Å²) in [6, 6.07) is 5.46. The largest absolute Gasteiger partial charge is 0.497 e. The van der Waals surface area contributed by atoms with E-state index in [1.807, 2.05) is 37.9 Å². The van der Waals surface area contributed by atoms with Gasteiger partial charge in [-0.2, -0.15) is 0 Å². The highest BCUT2D eigenvalue weighted by molar-refractivity contribution is 7.80. The molecule has 0 aliphatic rings. The minimum absolute atomic E-state index is 0.0687. The molecule has 0 aliphatic carbocycles. The van der Waals surface area contributed by atoms with E-state index in [9.17, 15) is 4.79 Å². The number of nitrogens with two attached hydrogens (primary N) is 1. The Morgan fingerprint density at radius 2 is 1.95 bits per heavy atom. The van der Waals surface area contributed by atoms with Gasteiger partial charge in [0, 0.05) is 31.8 Å². The summed E-state index contributed by atoms with van der Waals surface area (Å²) in [5.41, 5.74) is 7.29. The molecule has 6 heteroatoms. The van der Waals surface area contributed by atoms with Crippen molar-refractivity contribution in [2.24, 2.45) is 5.73 Å². The van der Waals surface area contributed by atoms with Crippen LogP contribution in [-0.4, -0.2) is 49.6 Å². The number of methoxy groups -OCH3 is 1. The summed E-state index contributed by atoms with van der Waals surface area (Å²) in [6.07, 6.45) is 0. The molecule has 0 aliphatic heterocycles. The number of benzene rings is 1. The zero-order valence-electron chi connectivity index (χ0n) is 13.0. The molecule has 0 unspecified atom stereocenters. The first-order chi connectivity index (χ1) is 9.94. The van der Waals surface area contributed by atoms with E-state index in [0.717, 1.165) is 11.3 Å². The van der Waals surface area contributed by atoms with Crippen molar-refractivity contribution >= 4 is 28.8 Å². The second kappa shape index (κ2) is 7.83. The fraction of sp³-hybridized carbons (Fsp3) is 0.467. The Morgan fingerprint density at radius 1 is 1.33 bits per heavy atom. The lowest BCUT2D eigenvalue weighted by Crippen LogP contribution is -2.39. The third-order valence-electron chi connectivity index (χ3n) is 3.37. The molecule has 0 bridgehead atoms. The molecule has 0 aromatic heterocycles. The van der Waals surface area contributed by atoms with Crippen molar-refractivity contribution in [2.75, 3.05) is 38.7 Å². The lowest BCUT2D eigenvalue weighted by molar-refractivity contribution is -0.129. The molecule has 0 saturated carbocycles. The van der Waals surface area contributed by atoms with Crippen LogP contribution in [0.5, 0.6) is 5.75 Å². The van der Waals surface area contributed by atoms with Crippen LogP contribution in [0.4, 0.5) is 5.69 Å². The lowest BCUT2D eigenvalue weighted by atomic mass is 10.1. The van der Waals surface area contributed by atoms with Crippen LogP contribution < -0.4 is 15.4 Å². The zero-order valence-corrected chi connectivity index (χ0v) is 13.9. The van der Waals surface area contributed by atoms with Gasteiger partial charge in [0.1, 0.15) is 10.7 Å². The molecule has 1 rings (SSSR count). The molecular weight excluding hydrogens is 286 g/mol.